The highest BCUT2D eigenvalue weighted by Gasteiger charge is 2.37. The molecule has 0 aromatic carbocycles. The van der Waals surface area contributed by atoms with Crippen LogP contribution in [0.1, 0.15) is 26.7 Å². The molecule has 0 bridgehead atoms. The Bertz CT molecular complexity index is 175. The zero-order valence-electron chi connectivity index (χ0n) is 9.33. The lowest BCUT2D eigenvalue weighted by Crippen LogP contribution is -2.37. The summed E-state index contributed by atoms with van der Waals surface area (Å²) in [5.41, 5.74) is 0. The summed E-state index contributed by atoms with van der Waals surface area (Å²) in [6.07, 6.45) is 2.75. The van der Waals surface area contributed by atoms with Crippen LogP contribution in [0.25, 0.3) is 0 Å². The molecular weight excluding hydrogens is 196 g/mol. The third-order valence-corrected chi connectivity index (χ3v) is 3.80. The second-order valence-corrected chi connectivity index (χ2v) is 4.78. The average Bonchev–Trinajstić information content (AvgIpc) is 2.69. The molecule has 0 aromatic rings. The summed E-state index contributed by atoms with van der Waals surface area (Å²) in [7, 11) is 0. The van der Waals surface area contributed by atoms with E-state index in [4.69, 9.17) is 0 Å². The summed E-state index contributed by atoms with van der Waals surface area (Å²) < 4.78 is 0. The first-order valence-electron chi connectivity index (χ1n) is 5.76. The normalized spacial score (nSPS) is 33.9. The van der Waals surface area contributed by atoms with Crippen molar-refractivity contribution >= 4 is 12.4 Å². The Balaban J connectivity index is 0.000000980. The lowest BCUT2D eigenvalue weighted by Gasteiger charge is -2.25. The van der Waals surface area contributed by atoms with E-state index in [1.54, 1.807) is 0 Å². The number of likely N-dealkylation sites (tertiary alicyclic amines) is 1. The third-order valence-electron chi connectivity index (χ3n) is 3.80. The van der Waals surface area contributed by atoms with Crippen LogP contribution in [0.15, 0.2) is 0 Å². The Morgan fingerprint density at radius 2 is 2.21 bits per heavy atom. The Kier molecular flexibility index (Phi) is 4.68. The van der Waals surface area contributed by atoms with Gasteiger partial charge in [-0.2, -0.15) is 0 Å². The third kappa shape index (κ3) is 2.41. The van der Waals surface area contributed by atoms with Gasteiger partial charge >= 0.3 is 0 Å². The first-order valence-corrected chi connectivity index (χ1v) is 5.76. The largest absolute Gasteiger partial charge is 0.315 e. The summed E-state index contributed by atoms with van der Waals surface area (Å²) in [6, 6.07) is 0.869. The van der Waals surface area contributed by atoms with Crippen molar-refractivity contribution in [1.82, 2.24) is 10.2 Å². The van der Waals surface area contributed by atoms with E-state index in [-0.39, 0.29) is 12.4 Å². The summed E-state index contributed by atoms with van der Waals surface area (Å²) in [5.74, 6) is 1.84. The quantitative estimate of drug-likeness (QED) is 0.777. The molecule has 0 saturated carbocycles. The lowest BCUT2D eigenvalue weighted by atomic mass is 10.0. The Morgan fingerprint density at radius 3 is 2.93 bits per heavy atom. The summed E-state index contributed by atoms with van der Waals surface area (Å²) in [5, 5.41) is 3.50. The van der Waals surface area contributed by atoms with Crippen LogP contribution in [-0.2, 0) is 0 Å². The highest BCUT2D eigenvalue weighted by Crippen LogP contribution is 2.27. The molecule has 0 aliphatic carbocycles. The second-order valence-electron chi connectivity index (χ2n) is 4.78. The van der Waals surface area contributed by atoms with E-state index in [2.05, 4.69) is 24.1 Å². The molecule has 2 saturated heterocycles. The van der Waals surface area contributed by atoms with Crippen molar-refractivity contribution < 1.29 is 0 Å². The lowest BCUT2D eigenvalue weighted by molar-refractivity contribution is 0.217. The first-order chi connectivity index (χ1) is 6.31. The van der Waals surface area contributed by atoms with Gasteiger partial charge in [0.15, 0.2) is 0 Å². The van der Waals surface area contributed by atoms with E-state index >= 15 is 0 Å². The van der Waals surface area contributed by atoms with Gasteiger partial charge in [-0.15, -0.1) is 12.4 Å². The number of nitrogens with one attached hydrogen (secondary N) is 1. The number of fused-ring (bicyclic) bond motifs is 1. The molecule has 84 valence electrons. The van der Waals surface area contributed by atoms with Crippen LogP contribution in [0.2, 0.25) is 0 Å². The highest BCUT2D eigenvalue weighted by molar-refractivity contribution is 5.85. The summed E-state index contributed by atoms with van der Waals surface area (Å²) >= 11 is 0. The minimum atomic E-state index is 0. The van der Waals surface area contributed by atoms with Gasteiger partial charge in [0.05, 0.1) is 0 Å². The van der Waals surface area contributed by atoms with E-state index in [9.17, 15) is 0 Å². The Hall–Kier alpha value is 0.210. The van der Waals surface area contributed by atoms with E-state index in [0.29, 0.717) is 0 Å². The van der Waals surface area contributed by atoms with E-state index < -0.39 is 0 Å². The molecule has 2 aliphatic rings. The maximum atomic E-state index is 3.50. The van der Waals surface area contributed by atoms with Gasteiger partial charge in [-0.3, -0.25) is 4.90 Å². The molecule has 2 rings (SSSR count). The topological polar surface area (TPSA) is 15.3 Å². The van der Waals surface area contributed by atoms with E-state index in [0.717, 1.165) is 17.9 Å². The molecule has 0 aromatic heterocycles. The van der Waals surface area contributed by atoms with Gasteiger partial charge in [-0.05, 0) is 31.3 Å². The van der Waals surface area contributed by atoms with Crippen molar-refractivity contribution in [3.8, 4) is 0 Å². The molecule has 0 spiro atoms. The maximum Gasteiger partial charge on any atom is 0.0261 e. The summed E-state index contributed by atoms with van der Waals surface area (Å²) in [4.78, 5) is 2.71. The molecule has 1 unspecified atom stereocenters. The molecule has 0 amide bonds. The van der Waals surface area contributed by atoms with Crippen molar-refractivity contribution in [3.05, 3.63) is 0 Å². The Labute approximate surface area is 93.8 Å². The molecule has 2 heterocycles. The fourth-order valence-corrected chi connectivity index (χ4v) is 2.69. The van der Waals surface area contributed by atoms with Gasteiger partial charge in [0.25, 0.3) is 0 Å². The minimum absolute atomic E-state index is 0. The van der Waals surface area contributed by atoms with Crippen LogP contribution in [0.4, 0.5) is 0 Å². The van der Waals surface area contributed by atoms with Crippen molar-refractivity contribution in [2.75, 3.05) is 26.2 Å². The average molecular weight is 219 g/mol. The van der Waals surface area contributed by atoms with Gasteiger partial charge in [-0.25, -0.2) is 0 Å². The van der Waals surface area contributed by atoms with Crippen LogP contribution in [0, 0.1) is 11.8 Å². The molecule has 0 radical (unpaired) electrons. The smallest absolute Gasteiger partial charge is 0.0261 e. The van der Waals surface area contributed by atoms with Crippen molar-refractivity contribution in [1.29, 1.82) is 0 Å². The van der Waals surface area contributed by atoms with Crippen LogP contribution < -0.4 is 5.32 Å². The maximum absolute atomic E-state index is 3.50. The summed E-state index contributed by atoms with van der Waals surface area (Å²) in [6.45, 7) is 9.84. The predicted molar refractivity (Wildman–Crippen MR) is 63.0 cm³/mol. The number of hydrogen-bond acceptors (Lipinski definition) is 2. The van der Waals surface area contributed by atoms with Gasteiger partial charge < -0.3 is 5.32 Å². The number of hydrogen-bond donors (Lipinski definition) is 1. The van der Waals surface area contributed by atoms with Crippen LogP contribution in [-0.4, -0.2) is 37.1 Å². The Morgan fingerprint density at radius 1 is 1.43 bits per heavy atom. The fourth-order valence-electron chi connectivity index (χ4n) is 2.69. The SMILES string of the molecule is CCC(C)CN1CC[C@H]2CNC[C@H]21.Cl. The van der Waals surface area contributed by atoms with Crippen molar-refractivity contribution in [2.45, 2.75) is 32.7 Å². The van der Waals surface area contributed by atoms with Crippen LogP contribution >= 0.6 is 12.4 Å². The van der Waals surface area contributed by atoms with E-state index in [1.165, 1.54) is 39.0 Å². The van der Waals surface area contributed by atoms with E-state index in [1.807, 2.05) is 0 Å². The predicted octanol–water partition coefficient (Wildman–Crippen LogP) is 1.75. The molecule has 2 nitrogen and oxygen atoms in total. The highest BCUT2D eigenvalue weighted by atomic mass is 35.5. The number of rotatable bonds is 3. The van der Waals surface area contributed by atoms with Crippen molar-refractivity contribution in [3.63, 3.8) is 0 Å². The zero-order chi connectivity index (χ0) is 9.26. The zero-order valence-corrected chi connectivity index (χ0v) is 10.1. The van der Waals surface area contributed by atoms with Gasteiger partial charge in [-0.1, -0.05) is 20.3 Å². The van der Waals surface area contributed by atoms with Gasteiger partial charge in [0, 0.05) is 19.1 Å². The monoisotopic (exact) mass is 218 g/mol. The molecule has 3 atom stereocenters. The molecule has 1 N–H and O–H groups in total. The minimum Gasteiger partial charge on any atom is -0.315 e. The van der Waals surface area contributed by atoms with Crippen LogP contribution in [0.3, 0.4) is 0 Å². The van der Waals surface area contributed by atoms with Gasteiger partial charge in [0.2, 0.25) is 0 Å². The van der Waals surface area contributed by atoms with Gasteiger partial charge in [0.1, 0.15) is 0 Å². The second kappa shape index (κ2) is 5.34. The number of nitrogens with zero attached hydrogens (tertiary/aromatic N) is 1. The molecule has 2 aliphatic heterocycles. The number of halogens is 1. The molecule has 2 fully saturated rings. The molecule has 14 heavy (non-hydrogen) atoms. The van der Waals surface area contributed by atoms with Crippen molar-refractivity contribution in [2.24, 2.45) is 11.8 Å². The molecule has 3 heteroatoms. The fraction of sp³-hybridized carbons (Fsp3) is 1.00. The van der Waals surface area contributed by atoms with Crippen LogP contribution in [0.5, 0.6) is 0 Å². The standard InChI is InChI=1S/C11H22N2.ClH/c1-3-9(2)8-13-5-4-10-6-12-7-11(10)13;/h9-12H,3-8H2,1-2H3;1H/t9?,10-,11+;/m0./s1. The first kappa shape index (κ1) is 12.3. The molecular formula is C11H23ClN2.